The Morgan fingerprint density at radius 2 is 1.63 bits per heavy atom. The molecule has 0 aromatic heterocycles. The maximum Gasteiger partial charge on any atom is 0.207 e. The Morgan fingerprint density at radius 1 is 0.947 bits per heavy atom. The zero-order valence-electron chi connectivity index (χ0n) is 11.5. The molecule has 0 aliphatic heterocycles. The molecule has 100 valence electrons. The standard InChI is InChI=1S/C16H18O2S/c1-4-14-7-5-6-8-16(14)19(17,18)15-10-9-12(2)11-13(15)3/h5-11H,4H2,1-3H3. The van der Waals surface area contributed by atoms with Crippen LogP contribution in [0.2, 0.25) is 0 Å². The second-order valence-corrected chi connectivity index (χ2v) is 6.62. The van der Waals surface area contributed by atoms with Gasteiger partial charge in [-0.3, -0.25) is 0 Å². The van der Waals surface area contributed by atoms with Crippen LogP contribution in [0, 0.1) is 13.8 Å². The Labute approximate surface area is 115 Å². The van der Waals surface area contributed by atoms with Gasteiger partial charge in [-0.25, -0.2) is 8.42 Å². The predicted molar refractivity (Wildman–Crippen MR) is 77.2 cm³/mol. The van der Waals surface area contributed by atoms with Crippen LogP contribution < -0.4 is 0 Å². The van der Waals surface area contributed by atoms with Crippen LogP contribution in [0.4, 0.5) is 0 Å². The topological polar surface area (TPSA) is 34.1 Å². The van der Waals surface area contributed by atoms with Crippen molar-refractivity contribution in [2.24, 2.45) is 0 Å². The van der Waals surface area contributed by atoms with Gasteiger partial charge in [0, 0.05) is 0 Å². The Balaban J connectivity index is 2.66. The Kier molecular flexibility index (Phi) is 3.76. The van der Waals surface area contributed by atoms with Crippen molar-refractivity contribution in [2.45, 2.75) is 37.0 Å². The van der Waals surface area contributed by atoms with Crippen molar-refractivity contribution in [1.29, 1.82) is 0 Å². The molecule has 0 N–H and O–H groups in total. The fourth-order valence-electron chi connectivity index (χ4n) is 2.28. The van der Waals surface area contributed by atoms with E-state index in [4.69, 9.17) is 0 Å². The van der Waals surface area contributed by atoms with Gasteiger partial charge in [0.15, 0.2) is 0 Å². The molecule has 0 bridgehead atoms. The second kappa shape index (κ2) is 5.17. The molecule has 2 aromatic carbocycles. The fourth-order valence-corrected chi connectivity index (χ4v) is 4.06. The minimum Gasteiger partial charge on any atom is -0.218 e. The molecule has 0 radical (unpaired) electrons. The summed E-state index contributed by atoms with van der Waals surface area (Å²) in [7, 11) is -3.43. The van der Waals surface area contributed by atoms with Gasteiger partial charge in [-0.15, -0.1) is 0 Å². The molecule has 0 heterocycles. The third-order valence-electron chi connectivity index (χ3n) is 3.26. The van der Waals surface area contributed by atoms with Gasteiger partial charge >= 0.3 is 0 Å². The van der Waals surface area contributed by atoms with E-state index in [-0.39, 0.29) is 0 Å². The van der Waals surface area contributed by atoms with Crippen LogP contribution in [0.5, 0.6) is 0 Å². The molecule has 0 saturated carbocycles. The first-order valence-electron chi connectivity index (χ1n) is 6.37. The Hall–Kier alpha value is -1.61. The highest BCUT2D eigenvalue weighted by Gasteiger charge is 2.21. The molecule has 0 atom stereocenters. The predicted octanol–water partition coefficient (Wildman–Crippen LogP) is 3.70. The average Bonchev–Trinajstić information content (AvgIpc) is 2.38. The lowest BCUT2D eigenvalue weighted by atomic mass is 10.2. The second-order valence-electron chi connectivity index (χ2n) is 4.73. The molecule has 0 aliphatic rings. The van der Waals surface area contributed by atoms with Crippen LogP contribution >= 0.6 is 0 Å². The average molecular weight is 274 g/mol. The van der Waals surface area contributed by atoms with Crippen LogP contribution in [0.15, 0.2) is 52.3 Å². The zero-order valence-corrected chi connectivity index (χ0v) is 12.3. The number of sulfone groups is 1. The summed E-state index contributed by atoms with van der Waals surface area (Å²) in [6, 6.07) is 12.7. The van der Waals surface area contributed by atoms with Crippen molar-refractivity contribution < 1.29 is 8.42 Å². The first kappa shape index (κ1) is 13.8. The lowest BCUT2D eigenvalue weighted by Crippen LogP contribution is -2.07. The SMILES string of the molecule is CCc1ccccc1S(=O)(=O)c1ccc(C)cc1C. The van der Waals surface area contributed by atoms with Crippen molar-refractivity contribution in [2.75, 3.05) is 0 Å². The van der Waals surface area contributed by atoms with Gasteiger partial charge in [-0.1, -0.05) is 42.8 Å². The van der Waals surface area contributed by atoms with Crippen LogP contribution in [-0.2, 0) is 16.3 Å². The van der Waals surface area contributed by atoms with Crippen LogP contribution in [0.3, 0.4) is 0 Å². The molecule has 0 spiro atoms. The quantitative estimate of drug-likeness (QED) is 0.855. The molecule has 19 heavy (non-hydrogen) atoms. The lowest BCUT2D eigenvalue weighted by molar-refractivity contribution is 0.594. The minimum atomic E-state index is -3.43. The maximum absolute atomic E-state index is 12.7. The van der Waals surface area contributed by atoms with Gasteiger partial charge in [-0.2, -0.15) is 0 Å². The van der Waals surface area contributed by atoms with Crippen molar-refractivity contribution in [3.8, 4) is 0 Å². The van der Waals surface area contributed by atoms with Crippen LogP contribution in [-0.4, -0.2) is 8.42 Å². The Bertz CT molecular complexity index is 700. The van der Waals surface area contributed by atoms with E-state index in [1.807, 2.05) is 45.0 Å². The molecule has 2 aromatic rings. The summed E-state index contributed by atoms with van der Waals surface area (Å²) in [6.45, 7) is 5.77. The van der Waals surface area contributed by atoms with E-state index in [1.165, 1.54) is 0 Å². The van der Waals surface area contributed by atoms with Crippen molar-refractivity contribution >= 4 is 9.84 Å². The van der Waals surface area contributed by atoms with Crippen molar-refractivity contribution in [3.63, 3.8) is 0 Å². The van der Waals surface area contributed by atoms with E-state index >= 15 is 0 Å². The molecular formula is C16H18O2S. The zero-order chi connectivity index (χ0) is 14.0. The highest BCUT2D eigenvalue weighted by atomic mass is 32.2. The summed E-state index contributed by atoms with van der Waals surface area (Å²) >= 11 is 0. The lowest BCUT2D eigenvalue weighted by Gasteiger charge is -2.11. The van der Waals surface area contributed by atoms with E-state index in [0.717, 1.165) is 16.7 Å². The smallest absolute Gasteiger partial charge is 0.207 e. The van der Waals surface area contributed by atoms with Gasteiger partial charge in [0.25, 0.3) is 0 Å². The number of rotatable bonds is 3. The summed E-state index contributed by atoms with van der Waals surface area (Å²) in [6.07, 6.45) is 0.709. The highest BCUT2D eigenvalue weighted by Crippen LogP contribution is 2.27. The molecule has 2 rings (SSSR count). The summed E-state index contributed by atoms with van der Waals surface area (Å²) in [5, 5.41) is 0. The fraction of sp³-hybridized carbons (Fsp3) is 0.250. The van der Waals surface area contributed by atoms with Gasteiger partial charge in [0.05, 0.1) is 9.79 Å². The van der Waals surface area contributed by atoms with Gasteiger partial charge < -0.3 is 0 Å². The molecular weight excluding hydrogens is 256 g/mol. The minimum absolute atomic E-state index is 0.402. The van der Waals surface area contributed by atoms with E-state index in [0.29, 0.717) is 16.2 Å². The molecule has 0 saturated heterocycles. The molecule has 0 unspecified atom stereocenters. The van der Waals surface area contributed by atoms with Crippen molar-refractivity contribution in [3.05, 3.63) is 59.2 Å². The van der Waals surface area contributed by atoms with Crippen LogP contribution in [0.1, 0.15) is 23.6 Å². The molecule has 0 aliphatic carbocycles. The van der Waals surface area contributed by atoms with E-state index < -0.39 is 9.84 Å². The summed E-state index contributed by atoms with van der Waals surface area (Å²) < 4.78 is 25.5. The summed E-state index contributed by atoms with van der Waals surface area (Å²) in [4.78, 5) is 0.823. The van der Waals surface area contributed by atoms with Gasteiger partial charge in [0.2, 0.25) is 9.84 Å². The third-order valence-corrected chi connectivity index (χ3v) is 5.28. The number of hydrogen-bond donors (Lipinski definition) is 0. The summed E-state index contributed by atoms with van der Waals surface area (Å²) in [5.74, 6) is 0. The summed E-state index contributed by atoms with van der Waals surface area (Å²) in [5.41, 5.74) is 2.73. The van der Waals surface area contributed by atoms with E-state index in [9.17, 15) is 8.42 Å². The molecule has 0 fully saturated rings. The first-order chi connectivity index (χ1) is 8.96. The van der Waals surface area contributed by atoms with E-state index in [1.54, 1.807) is 18.2 Å². The van der Waals surface area contributed by atoms with Crippen LogP contribution in [0.25, 0.3) is 0 Å². The van der Waals surface area contributed by atoms with Gasteiger partial charge in [-0.05, 0) is 43.5 Å². The van der Waals surface area contributed by atoms with Crippen molar-refractivity contribution in [1.82, 2.24) is 0 Å². The molecule has 3 heteroatoms. The van der Waals surface area contributed by atoms with Gasteiger partial charge in [0.1, 0.15) is 0 Å². The van der Waals surface area contributed by atoms with E-state index in [2.05, 4.69) is 0 Å². The third kappa shape index (κ3) is 2.56. The largest absolute Gasteiger partial charge is 0.218 e. The normalized spacial score (nSPS) is 11.5. The first-order valence-corrected chi connectivity index (χ1v) is 7.85. The number of hydrogen-bond acceptors (Lipinski definition) is 2. The number of benzene rings is 2. The molecule has 2 nitrogen and oxygen atoms in total. The molecule has 0 amide bonds. The Morgan fingerprint density at radius 3 is 2.26 bits per heavy atom. The monoisotopic (exact) mass is 274 g/mol. The number of aryl methyl sites for hydroxylation is 3. The highest BCUT2D eigenvalue weighted by molar-refractivity contribution is 7.91. The maximum atomic E-state index is 12.7.